The SMILES string of the molecule is CCC/C(=N\OCC)C1=C(O)CC(c2c(C)c(C)c(C)c(C)c2S(C)(=O)=O)CC1=O. The van der Waals surface area contributed by atoms with Crippen molar-refractivity contribution in [3.05, 3.63) is 39.1 Å². The molecule has 0 fully saturated rings. The largest absolute Gasteiger partial charge is 0.511 e. The quantitative estimate of drug-likeness (QED) is 0.492. The van der Waals surface area contributed by atoms with Crippen LogP contribution in [0.4, 0.5) is 0 Å². The van der Waals surface area contributed by atoms with Crippen LogP contribution in [-0.2, 0) is 19.5 Å². The maximum atomic E-state index is 13.1. The Labute approximate surface area is 179 Å². The lowest BCUT2D eigenvalue weighted by molar-refractivity contribution is -0.116. The molecule has 1 aromatic rings. The zero-order valence-electron chi connectivity index (χ0n) is 19.0. The van der Waals surface area contributed by atoms with Crippen LogP contribution in [0, 0.1) is 27.7 Å². The number of allylic oxidation sites excluding steroid dienone is 2. The van der Waals surface area contributed by atoms with Gasteiger partial charge in [0.25, 0.3) is 0 Å². The van der Waals surface area contributed by atoms with Crippen molar-refractivity contribution in [2.24, 2.45) is 5.16 Å². The molecule has 1 unspecified atom stereocenters. The van der Waals surface area contributed by atoms with E-state index >= 15 is 0 Å². The van der Waals surface area contributed by atoms with Gasteiger partial charge in [-0.3, -0.25) is 4.79 Å². The van der Waals surface area contributed by atoms with Crippen LogP contribution in [0.1, 0.15) is 73.3 Å². The lowest BCUT2D eigenvalue weighted by atomic mass is 9.77. The first-order chi connectivity index (χ1) is 13.9. The number of aliphatic hydroxyl groups excluding tert-OH is 1. The summed E-state index contributed by atoms with van der Waals surface area (Å²) in [5, 5.41) is 14.9. The number of Topliss-reactive ketones (excluding diaryl/α,β-unsaturated/α-hetero) is 1. The van der Waals surface area contributed by atoms with Crippen molar-refractivity contribution < 1.29 is 23.2 Å². The van der Waals surface area contributed by atoms with E-state index < -0.39 is 15.8 Å². The van der Waals surface area contributed by atoms with Gasteiger partial charge in [0.05, 0.1) is 16.2 Å². The fourth-order valence-electron chi connectivity index (χ4n) is 4.30. The summed E-state index contributed by atoms with van der Waals surface area (Å²) in [4.78, 5) is 18.5. The van der Waals surface area contributed by atoms with Crippen LogP contribution in [0.3, 0.4) is 0 Å². The summed E-state index contributed by atoms with van der Waals surface area (Å²) in [5.74, 6) is -0.679. The van der Waals surface area contributed by atoms with E-state index in [2.05, 4.69) is 5.16 Å². The van der Waals surface area contributed by atoms with E-state index in [1.807, 2.05) is 34.6 Å². The zero-order valence-corrected chi connectivity index (χ0v) is 19.9. The number of hydrogen-bond donors (Lipinski definition) is 1. The maximum Gasteiger partial charge on any atom is 0.176 e. The van der Waals surface area contributed by atoms with Gasteiger partial charge in [0.1, 0.15) is 12.4 Å². The Kier molecular flexibility index (Phi) is 7.50. The van der Waals surface area contributed by atoms with Crippen LogP contribution in [0.5, 0.6) is 0 Å². The molecule has 7 heteroatoms. The Bertz CT molecular complexity index is 1020. The second-order valence-electron chi connectivity index (χ2n) is 8.07. The van der Waals surface area contributed by atoms with Crippen molar-refractivity contribution in [3.8, 4) is 0 Å². The van der Waals surface area contributed by atoms with Crippen LogP contribution in [0.15, 0.2) is 21.4 Å². The minimum absolute atomic E-state index is 0.0436. The van der Waals surface area contributed by atoms with Gasteiger partial charge in [-0.15, -0.1) is 0 Å². The molecular weight excluding hydrogens is 402 g/mol. The number of oxime groups is 1. The Balaban J connectivity index is 2.66. The number of aliphatic hydroxyl groups is 1. The smallest absolute Gasteiger partial charge is 0.176 e. The fourth-order valence-corrected chi connectivity index (χ4v) is 5.73. The lowest BCUT2D eigenvalue weighted by Crippen LogP contribution is -2.26. The van der Waals surface area contributed by atoms with E-state index in [1.165, 1.54) is 6.26 Å². The van der Waals surface area contributed by atoms with E-state index in [0.29, 0.717) is 29.9 Å². The molecule has 1 N–H and O–H groups in total. The first-order valence-electron chi connectivity index (χ1n) is 10.4. The molecule has 0 saturated carbocycles. The number of ketones is 1. The Morgan fingerprint density at radius 2 is 1.67 bits per heavy atom. The third-order valence-corrected chi connectivity index (χ3v) is 7.24. The predicted molar refractivity (Wildman–Crippen MR) is 119 cm³/mol. The number of hydrogen-bond acceptors (Lipinski definition) is 6. The molecule has 1 atom stereocenters. The molecule has 0 radical (unpaired) electrons. The summed E-state index contributed by atoms with van der Waals surface area (Å²) in [6.45, 7) is 11.7. The van der Waals surface area contributed by atoms with Gasteiger partial charge >= 0.3 is 0 Å². The Hall–Kier alpha value is -2.15. The molecule has 0 bridgehead atoms. The molecule has 2 rings (SSSR count). The first-order valence-corrected chi connectivity index (χ1v) is 12.3. The summed E-state index contributed by atoms with van der Waals surface area (Å²) >= 11 is 0. The van der Waals surface area contributed by atoms with Gasteiger partial charge in [-0.2, -0.15) is 0 Å². The van der Waals surface area contributed by atoms with E-state index in [9.17, 15) is 18.3 Å². The van der Waals surface area contributed by atoms with Gasteiger partial charge in [0, 0.05) is 19.1 Å². The highest BCUT2D eigenvalue weighted by Crippen LogP contribution is 2.42. The zero-order chi connectivity index (χ0) is 22.8. The summed E-state index contributed by atoms with van der Waals surface area (Å²) in [6.07, 6.45) is 2.80. The van der Waals surface area contributed by atoms with Crippen molar-refractivity contribution in [2.75, 3.05) is 12.9 Å². The predicted octanol–water partition coefficient (Wildman–Crippen LogP) is 4.77. The van der Waals surface area contributed by atoms with Crippen LogP contribution >= 0.6 is 0 Å². The topological polar surface area (TPSA) is 93.0 Å². The molecule has 0 saturated heterocycles. The molecule has 166 valence electrons. The molecule has 1 aliphatic carbocycles. The van der Waals surface area contributed by atoms with Crippen molar-refractivity contribution in [2.45, 2.75) is 78.0 Å². The molecule has 0 heterocycles. The van der Waals surface area contributed by atoms with Gasteiger partial charge in [0.15, 0.2) is 15.6 Å². The van der Waals surface area contributed by atoms with Crippen molar-refractivity contribution >= 4 is 21.3 Å². The first kappa shape index (κ1) is 24.1. The summed E-state index contributed by atoms with van der Waals surface area (Å²) < 4.78 is 25.4. The summed E-state index contributed by atoms with van der Waals surface area (Å²) in [6, 6.07) is 0. The molecule has 0 amide bonds. The number of carbonyl (C=O) groups excluding carboxylic acids is 1. The highest BCUT2D eigenvalue weighted by Gasteiger charge is 2.35. The number of benzene rings is 1. The van der Waals surface area contributed by atoms with Crippen LogP contribution in [0.25, 0.3) is 0 Å². The number of carbonyl (C=O) groups is 1. The molecule has 1 aliphatic rings. The van der Waals surface area contributed by atoms with E-state index in [0.717, 1.165) is 23.1 Å². The molecule has 0 spiro atoms. The van der Waals surface area contributed by atoms with Gasteiger partial charge in [-0.25, -0.2) is 8.42 Å². The van der Waals surface area contributed by atoms with Crippen molar-refractivity contribution in [1.82, 2.24) is 0 Å². The van der Waals surface area contributed by atoms with E-state index in [-0.39, 0.29) is 34.9 Å². The molecule has 1 aromatic carbocycles. The van der Waals surface area contributed by atoms with Gasteiger partial charge in [0.2, 0.25) is 0 Å². The van der Waals surface area contributed by atoms with Gasteiger partial charge in [-0.1, -0.05) is 18.5 Å². The Morgan fingerprint density at radius 3 is 2.17 bits per heavy atom. The number of sulfone groups is 1. The van der Waals surface area contributed by atoms with Crippen LogP contribution in [0.2, 0.25) is 0 Å². The highest BCUT2D eigenvalue weighted by molar-refractivity contribution is 7.90. The van der Waals surface area contributed by atoms with Gasteiger partial charge in [-0.05, 0) is 74.8 Å². The molecule has 6 nitrogen and oxygen atoms in total. The van der Waals surface area contributed by atoms with Gasteiger partial charge < -0.3 is 9.94 Å². The minimum atomic E-state index is -3.51. The fraction of sp³-hybridized carbons (Fsp3) is 0.565. The number of nitrogens with zero attached hydrogens (tertiary/aromatic N) is 1. The van der Waals surface area contributed by atoms with Crippen LogP contribution < -0.4 is 0 Å². The monoisotopic (exact) mass is 435 g/mol. The third-order valence-electron chi connectivity index (χ3n) is 5.97. The molecule has 0 aliphatic heterocycles. The van der Waals surface area contributed by atoms with Crippen LogP contribution in [-0.4, -0.2) is 37.9 Å². The summed E-state index contributed by atoms with van der Waals surface area (Å²) in [5.41, 5.74) is 4.86. The third kappa shape index (κ3) is 4.61. The second-order valence-corrected chi connectivity index (χ2v) is 10.0. The summed E-state index contributed by atoms with van der Waals surface area (Å²) in [7, 11) is -3.51. The maximum absolute atomic E-state index is 13.1. The van der Waals surface area contributed by atoms with E-state index in [1.54, 1.807) is 6.92 Å². The standard InChI is InChI=1S/C23H33NO5S/c1-8-10-18(24-29-9-2)22-19(25)11-17(12-20(22)26)21-15(5)13(3)14(4)16(6)23(21)30(7,27)28/h17,25H,8-12H2,1-7H3/b24-18+. The minimum Gasteiger partial charge on any atom is -0.511 e. The average molecular weight is 436 g/mol. The molecule has 30 heavy (non-hydrogen) atoms. The highest BCUT2D eigenvalue weighted by atomic mass is 32.2. The van der Waals surface area contributed by atoms with E-state index in [4.69, 9.17) is 4.84 Å². The van der Waals surface area contributed by atoms with Crippen molar-refractivity contribution in [3.63, 3.8) is 0 Å². The lowest BCUT2D eigenvalue weighted by Gasteiger charge is -2.29. The second kappa shape index (κ2) is 9.33. The number of rotatable bonds is 7. The molecule has 0 aromatic heterocycles. The Morgan fingerprint density at radius 1 is 1.07 bits per heavy atom. The van der Waals surface area contributed by atoms with Crippen molar-refractivity contribution in [1.29, 1.82) is 0 Å². The average Bonchev–Trinajstić information content (AvgIpc) is 2.65. The normalized spacial score (nSPS) is 18.2. The molecular formula is C23H33NO5S.